The summed E-state index contributed by atoms with van der Waals surface area (Å²) in [5.41, 5.74) is 2.08. The standard InChI is InChI=1S/C18H23N3O4/c1-12-9-14(19-21(12)13-7-5-4-6-8-13)18(23)20(2)15-10-25-11-16(24-3)17(15)22/h4-9,15-17,22H,10-11H2,1-3H3/t15-,16-,17+/m1/s1. The van der Waals surface area contributed by atoms with Crippen LogP contribution in [0.2, 0.25) is 0 Å². The molecule has 134 valence electrons. The number of aliphatic hydroxyl groups is 1. The Kier molecular flexibility index (Phi) is 5.17. The Morgan fingerprint density at radius 3 is 2.76 bits per heavy atom. The summed E-state index contributed by atoms with van der Waals surface area (Å²) in [6.45, 7) is 2.48. The van der Waals surface area contributed by atoms with Crippen LogP contribution in [0.1, 0.15) is 16.2 Å². The smallest absolute Gasteiger partial charge is 0.274 e. The Morgan fingerprint density at radius 2 is 2.08 bits per heavy atom. The Bertz CT molecular complexity index is 731. The predicted octanol–water partition coefficient (Wildman–Crippen LogP) is 1.03. The highest BCUT2D eigenvalue weighted by Crippen LogP contribution is 2.19. The molecule has 1 N–H and O–H groups in total. The SMILES string of the molecule is CO[C@@H]1COC[C@@H](N(C)C(=O)c2cc(C)n(-c3ccccc3)n2)[C@@H]1O. The Labute approximate surface area is 146 Å². The molecule has 3 atom stereocenters. The highest BCUT2D eigenvalue weighted by atomic mass is 16.5. The first kappa shape index (κ1) is 17.6. The lowest BCUT2D eigenvalue weighted by atomic mass is 10.0. The van der Waals surface area contributed by atoms with Gasteiger partial charge in [0.25, 0.3) is 5.91 Å². The average molecular weight is 345 g/mol. The van der Waals surface area contributed by atoms with Gasteiger partial charge >= 0.3 is 0 Å². The summed E-state index contributed by atoms with van der Waals surface area (Å²) in [5, 5.41) is 14.8. The summed E-state index contributed by atoms with van der Waals surface area (Å²) in [6.07, 6.45) is -1.25. The van der Waals surface area contributed by atoms with E-state index in [1.165, 1.54) is 12.0 Å². The highest BCUT2D eigenvalue weighted by molar-refractivity contribution is 5.92. The molecule has 2 heterocycles. The second-order valence-electron chi connectivity index (χ2n) is 6.20. The number of hydrogen-bond acceptors (Lipinski definition) is 5. The molecule has 1 fully saturated rings. The summed E-state index contributed by atoms with van der Waals surface area (Å²) < 4.78 is 12.4. The summed E-state index contributed by atoms with van der Waals surface area (Å²) in [6, 6.07) is 10.9. The first-order chi connectivity index (χ1) is 12.0. The number of amides is 1. The van der Waals surface area contributed by atoms with Crippen molar-refractivity contribution in [1.82, 2.24) is 14.7 Å². The third kappa shape index (κ3) is 3.44. The fourth-order valence-electron chi connectivity index (χ4n) is 3.04. The lowest BCUT2D eigenvalue weighted by molar-refractivity contribution is -0.135. The molecule has 1 saturated heterocycles. The van der Waals surface area contributed by atoms with Gasteiger partial charge in [-0.2, -0.15) is 5.10 Å². The van der Waals surface area contributed by atoms with Crippen molar-refractivity contribution >= 4 is 5.91 Å². The van der Waals surface area contributed by atoms with Crippen LogP contribution in [0.15, 0.2) is 36.4 Å². The number of para-hydroxylation sites is 1. The van der Waals surface area contributed by atoms with Crippen LogP contribution < -0.4 is 0 Å². The topological polar surface area (TPSA) is 76.8 Å². The largest absolute Gasteiger partial charge is 0.388 e. The van der Waals surface area contributed by atoms with Crippen LogP contribution in [0.3, 0.4) is 0 Å². The molecule has 2 aromatic rings. The van der Waals surface area contributed by atoms with Gasteiger partial charge in [0.05, 0.1) is 24.9 Å². The number of aromatic nitrogens is 2. The molecule has 1 aromatic carbocycles. The lowest BCUT2D eigenvalue weighted by Gasteiger charge is -2.38. The quantitative estimate of drug-likeness (QED) is 0.896. The molecule has 7 nitrogen and oxygen atoms in total. The molecule has 0 unspecified atom stereocenters. The van der Waals surface area contributed by atoms with E-state index < -0.39 is 18.2 Å². The molecule has 0 saturated carbocycles. The average Bonchev–Trinajstić information content (AvgIpc) is 3.03. The molecular weight excluding hydrogens is 322 g/mol. The van der Waals surface area contributed by atoms with Crippen molar-refractivity contribution in [2.75, 3.05) is 27.4 Å². The van der Waals surface area contributed by atoms with Gasteiger partial charge in [0, 0.05) is 19.9 Å². The Balaban J connectivity index is 1.81. The molecule has 1 aromatic heterocycles. The second kappa shape index (κ2) is 7.35. The number of ether oxygens (including phenoxy) is 2. The molecule has 1 aliphatic heterocycles. The summed E-state index contributed by atoms with van der Waals surface area (Å²) in [4.78, 5) is 14.3. The van der Waals surface area contributed by atoms with Gasteiger partial charge in [-0.1, -0.05) is 18.2 Å². The first-order valence-electron chi connectivity index (χ1n) is 8.20. The van der Waals surface area contributed by atoms with Gasteiger partial charge in [-0.15, -0.1) is 0 Å². The molecule has 1 amide bonds. The first-order valence-corrected chi connectivity index (χ1v) is 8.20. The minimum Gasteiger partial charge on any atom is -0.388 e. The van der Waals surface area contributed by atoms with Crippen molar-refractivity contribution in [3.05, 3.63) is 47.8 Å². The normalized spacial score (nSPS) is 23.4. The number of rotatable bonds is 4. The summed E-state index contributed by atoms with van der Waals surface area (Å²) in [5.74, 6) is -0.262. The molecule has 3 rings (SSSR count). The monoisotopic (exact) mass is 345 g/mol. The van der Waals surface area contributed by atoms with E-state index in [1.54, 1.807) is 17.8 Å². The zero-order chi connectivity index (χ0) is 18.0. The van der Waals surface area contributed by atoms with E-state index in [2.05, 4.69) is 5.10 Å². The third-order valence-electron chi connectivity index (χ3n) is 4.57. The van der Waals surface area contributed by atoms with Crippen LogP contribution in [-0.2, 0) is 9.47 Å². The number of carbonyl (C=O) groups excluding carboxylic acids is 1. The number of aliphatic hydroxyl groups excluding tert-OH is 1. The highest BCUT2D eigenvalue weighted by Gasteiger charge is 2.37. The van der Waals surface area contributed by atoms with E-state index in [0.29, 0.717) is 12.3 Å². The molecular formula is C18H23N3O4. The number of methoxy groups -OCH3 is 1. The van der Waals surface area contributed by atoms with Crippen LogP contribution in [0.4, 0.5) is 0 Å². The van der Waals surface area contributed by atoms with Gasteiger partial charge in [-0.05, 0) is 25.1 Å². The third-order valence-corrected chi connectivity index (χ3v) is 4.57. The van der Waals surface area contributed by atoms with E-state index in [0.717, 1.165) is 11.4 Å². The molecule has 0 spiro atoms. The number of likely N-dealkylation sites (N-methyl/N-ethyl adjacent to an activating group) is 1. The predicted molar refractivity (Wildman–Crippen MR) is 91.8 cm³/mol. The molecule has 0 bridgehead atoms. The Hall–Kier alpha value is -2.22. The Morgan fingerprint density at radius 1 is 1.36 bits per heavy atom. The van der Waals surface area contributed by atoms with Gasteiger partial charge < -0.3 is 19.5 Å². The maximum Gasteiger partial charge on any atom is 0.274 e. The van der Waals surface area contributed by atoms with Crippen molar-refractivity contribution in [3.8, 4) is 5.69 Å². The molecule has 25 heavy (non-hydrogen) atoms. The number of hydrogen-bond donors (Lipinski definition) is 1. The van der Waals surface area contributed by atoms with Gasteiger partial charge in [0.2, 0.25) is 0 Å². The number of aryl methyl sites for hydroxylation is 1. The van der Waals surface area contributed by atoms with Crippen LogP contribution in [0.25, 0.3) is 5.69 Å². The van der Waals surface area contributed by atoms with E-state index in [4.69, 9.17) is 9.47 Å². The summed E-state index contributed by atoms with van der Waals surface area (Å²) in [7, 11) is 3.17. The van der Waals surface area contributed by atoms with Gasteiger partial charge in [0.15, 0.2) is 5.69 Å². The van der Waals surface area contributed by atoms with Crippen molar-refractivity contribution in [3.63, 3.8) is 0 Å². The second-order valence-corrected chi connectivity index (χ2v) is 6.20. The van der Waals surface area contributed by atoms with E-state index in [-0.39, 0.29) is 12.5 Å². The zero-order valence-electron chi connectivity index (χ0n) is 14.6. The summed E-state index contributed by atoms with van der Waals surface area (Å²) >= 11 is 0. The molecule has 0 radical (unpaired) electrons. The van der Waals surface area contributed by atoms with Crippen LogP contribution in [-0.4, -0.2) is 71.3 Å². The van der Waals surface area contributed by atoms with E-state index >= 15 is 0 Å². The lowest BCUT2D eigenvalue weighted by Crippen LogP contribution is -2.56. The van der Waals surface area contributed by atoms with Crippen LogP contribution in [0, 0.1) is 6.92 Å². The van der Waals surface area contributed by atoms with Gasteiger partial charge in [0.1, 0.15) is 12.2 Å². The van der Waals surface area contributed by atoms with Crippen molar-refractivity contribution in [1.29, 1.82) is 0 Å². The molecule has 0 aliphatic carbocycles. The van der Waals surface area contributed by atoms with Gasteiger partial charge in [-0.25, -0.2) is 4.68 Å². The minimum absolute atomic E-state index is 0.262. The van der Waals surface area contributed by atoms with Crippen molar-refractivity contribution in [2.24, 2.45) is 0 Å². The molecule has 7 heteroatoms. The maximum atomic E-state index is 12.8. The van der Waals surface area contributed by atoms with Crippen molar-refractivity contribution in [2.45, 2.75) is 25.2 Å². The van der Waals surface area contributed by atoms with Crippen LogP contribution in [0.5, 0.6) is 0 Å². The fraction of sp³-hybridized carbons (Fsp3) is 0.444. The minimum atomic E-state index is -0.801. The van der Waals surface area contributed by atoms with Gasteiger partial charge in [-0.3, -0.25) is 4.79 Å². The fourth-order valence-corrected chi connectivity index (χ4v) is 3.04. The number of nitrogens with zero attached hydrogens (tertiary/aromatic N) is 3. The van der Waals surface area contributed by atoms with Crippen molar-refractivity contribution < 1.29 is 19.4 Å². The number of carbonyl (C=O) groups is 1. The molecule has 1 aliphatic rings. The maximum absolute atomic E-state index is 12.8. The van der Waals surface area contributed by atoms with Crippen LogP contribution >= 0.6 is 0 Å². The zero-order valence-corrected chi connectivity index (χ0v) is 14.6. The van der Waals surface area contributed by atoms with E-state index in [9.17, 15) is 9.90 Å². The number of benzene rings is 1. The van der Waals surface area contributed by atoms with E-state index in [1.807, 2.05) is 37.3 Å².